The molecule has 0 aliphatic heterocycles. The number of amides is 3. The Morgan fingerprint density at radius 1 is 0.862 bits per heavy atom. The summed E-state index contributed by atoms with van der Waals surface area (Å²) in [6, 6.07) is 13.7. The third kappa shape index (κ3) is 6.93. The molecule has 2 aromatic carbocycles. The highest BCUT2D eigenvalue weighted by molar-refractivity contribution is 5.96. The van der Waals surface area contributed by atoms with E-state index in [-0.39, 0.29) is 30.8 Å². The second kappa shape index (κ2) is 10.2. The van der Waals surface area contributed by atoms with E-state index in [1.54, 1.807) is 76.8 Å². The minimum absolute atomic E-state index is 0.102. The van der Waals surface area contributed by atoms with E-state index in [1.165, 1.54) is 4.90 Å². The molecule has 0 heterocycles. The summed E-state index contributed by atoms with van der Waals surface area (Å²) >= 11 is 0. The SMILES string of the molecule is COc1ccc(NC(=O)C[NH+](C)CC(=O)Nc2ccc(C(=O)N(C)C)cc2)cc1. The van der Waals surface area contributed by atoms with E-state index in [0.29, 0.717) is 22.7 Å². The van der Waals surface area contributed by atoms with Crippen molar-refractivity contribution in [3.05, 3.63) is 54.1 Å². The van der Waals surface area contributed by atoms with Gasteiger partial charge in [0.15, 0.2) is 13.1 Å². The van der Waals surface area contributed by atoms with E-state index < -0.39 is 0 Å². The number of quaternary nitrogens is 1. The second-order valence-corrected chi connectivity index (χ2v) is 6.91. The molecule has 1 unspecified atom stereocenters. The molecule has 29 heavy (non-hydrogen) atoms. The first-order chi connectivity index (χ1) is 13.8. The molecule has 0 aliphatic carbocycles. The van der Waals surface area contributed by atoms with Gasteiger partial charge in [0.1, 0.15) is 5.75 Å². The van der Waals surface area contributed by atoms with Crippen molar-refractivity contribution in [1.29, 1.82) is 0 Å². The van der Waals surface area contributed by atoms with Gasteiger partial charge in [-0.1, -0.05) is 0 Å². The van der Waals surface area contributed by atoms with Crippen molar-refractivity contribution in [3.63, 3.8) is 0 Å². The monoisotopic (exact) mass is 399 g/mol. The summed E-state index contributed by atoms with van der Waals surface area (Å²) in [4.78, 5) is 38.5. The van der Waals surface area contributed by atoms with E-state index >= 15 is 0 Å². The first-order valence-electron chi connectivity index (χ1n) is 9.15. The van der Waals surface area contributed by atoms with Crippen molar-refractivity contribution in [2.45, 2.75) is 0 Å². The lowest BCUT2D eigenvalue weighted by molar-refractivity contribution is -0.862. The third-order valence-corrected chi connectivity index (χ3v) is 4.12. The lowest BCUT2D eigenvalue weighted by Gasteiger charge is -2.14. The molecule has 3 amide bonds. The normalized spacial score (nSPS) is 11.3. The molecule has 0 radical (unpaired) electrons. The van der Waals surface area contributed by atoms with Crippen LogP contribution in [0.3, 0.4) is 0 Å². The number of nitrogens with zero attached hydrogens (tertiary/aromatic N) is 1. The molecular weight excluding hydrogens is 372 g/mol. The van der Waals surface area contributed by atoms with Crippen molar-refractivity contribution in [1.82, 2.24) is 4.90 Å². The van der Waals surface area contributed by atoms with Crippen LogP contribution in [0.5, 0.6) is 5.75 Å². The fraction of sp³-hybridized carbons (Fsp3) is 0.286. The highest BCUT2D eigenvalue weighted by atomic mass is 16.5. The molecular formula is C21H27N4O4+. The zero-order valence-corrected chi connectivity index (χ0v) is 17.1. The van der Waals surface area contributed by atoms with E-state index in [0.717, 1.165) is 4.90 Å². The molecule has 0 saturated heterocycles. The van der Waals surface area contributed by atoms with Crippen LogP contribution in [-0.4, -0.2) is 64.0 Å². The van der Waals surface area contributed by atoms with Crippen LogP contribution in [0.25, 0.3) is 0 Å². The van der Waals surface area contributed by atoms with Gasteiger partial charge in [0.25, 0.3) is 17.7 Å². The Kier molecular flexibility index (Phi) is 7.73. The molecule has 0 spiro atoms. The molecule has 154 valence electrons. The molecule has 8 nitrogen and oxygen atoms in total. The Morgan fingerprint density at radius 3 is 1.72 bits per heavy atom. The zero-order chi connectivity index (χ0) is 21.4. The van der Waals surface area contributed by atoms with Crippen LogP contribution in [-0.2, 0) is 9.59 Å². The van der Waals surface area contributed by atoms with E-state index in [9.17, 15) is 14.4 Å². The largest absolute Gasteiger partial charge is 0.497 e. The van der Waals surface area contributed by atoms with Crippen molar-refractivity contribution in [3.8, 4) is 5.75 Å². The Bertz CT molecular complexity index is 848. The highest BCUT2D eigenvalue weighted by Gasteiger charge is 2.15. The Hall–Kier alpha value is -3.39. The molecule has 0 aromatic heterocycles. The van der Waals surface area contributed by atoms with Gasteiger partial charge >= 0.3 is 0 Å². The van der Waals surface area contributed by atoms with Gasteiger partial charge in [0.05, 0.1) is 14.2 Å². The Balaban J connectivity index is 1.80. The fourth-order valence-electron chi connectivity index (χ4n) is 2.65. The third-order valence-electron chi connectivity index (χ3n) is 4.12. The number of rotatable bonds is 8. The van der Waals surface area contributed by atoms with Crippen molar-refractivity contribution >= 4 is 29.1 Å². The van der Waals surface area contributed by atoms with Gasteiger partial charge in [0, 0.05) is 31.0 Å². The molecule has 3 N–H and O–H groups in total. The first kappa shape index (κ1) is 21.9. The predicted molar refractivity (Wildman–Crippen MR) is 111 cm³/mol. The van der Waals surface area contributed by atoms with Crippen LogP contribution in [0, 0.1) is 0 Å². The predicted octanol–water partition coefficient (Wildman–Crippen LogP) is 0.489. The standard InChI is InChI=1S/C21H26N4O4/c1-24(2)21(28)15-5-7-16(8-6-15)22-19(26)13-25(3)14-20(27)23-17-9-11-18(29-4)12-10-17/h5-12H,13-14H2,1-4H3,(H,22,26)(H,23,27)/p+1. The van der Waals surface area contributed by atoms with Gasteiger partial charge in [-0.25, -0.2) is 0 Å². The quantitative estimate of drug-likeness (QED) is 0.602. The van der Waals surface area contributed by atoms with E-state index in [1.807, 2.05) is 0 Å². The summed E-state index contributed by atoms with van der Waals surface area (Å²) in [5.41, 5.74) is 1.81. The Labute approximate surface area is 170 Å². The summed E-state index contributed by atoms with van der Waals surface area (Å²) in [6.45, 7) is 0.282. The number of carbonyl (C=O) groups excluding carboxylic acids is 3. The zero-order valence-electron chi connectivity index (χ0n) is 17.1. The smallest absolute Gasteiger partial charge is 0.279 e. The molecule has 0 aliphatic rings. The maximum Gasteiger partial charge on any atom is 0.279 e. The van der Waals surface area contributed by atoms with Crippen molar-refractivity contribution in [2.24, 2.45) is 0 Å². The number of likely N-dealkylation sites (N-methyl/N-ethyl adjacent to an activating group) is 1. The fourth-order valence-corrected chi connectivity index (χ4v) is 2.65. The minimum Gasteiger partial charge on any atom is -0.497 e. The van der Waals surface area contributed by atoms with Crippen molar-refractivity contribution in [2.75, 3.05) is 52.0 Å². The summed E-state index contributed by atoms with van der Waals surface area (Å²) in [5.74, 6) is 0.204. The molecule has 0 bridgehead atoms. The van der Waals surface area contributed by atoms with Gasteiger partial charge in [0.2, 0.25) is 0 Å². The summed E-state index contributed by atoms with van der Waals surface area (Å²) < 4.78 is 5.08. The van der Waals surface area contributed by atoms with Gasteiger partial charge in [-0.3, -0.25) is 14.4 Å². The van der Waals surface area contributed by atoms with E-state index in [2.05, 4.69) is 10.6 Å². The van der Waals surface area contributed by atoms with Crippen LogP contribution in [0.2, 0.25) is 0 Å². The lowest BCUT2D eigenvalue weighted by Crippen LogP contribution is -3.11. The molecule has 2 rings (SSSR count). The summed E-state index contributed by atoms with van der Waals surface area (Å²) in [7, 11) is 6.71. The average molecular weight is 399 g/mol. The van der Waals surface area contributed by atoms with Crippen LogP contribution in [0.1, 0.15) is 10.4 Å². The Morgan fingerprint density at radius 2 is 1.31 bits per heavy atom. The maximum atomic E-state index is 12.2. The second-order valence-electron chi connectivity index (χ2n) is 6.91. The molecule has 8 heteroatoms. The summed E-state index contributed by atoms with van der Waals surface area (Å²) in [5, 5.41) is 5.56. The first-order valence-corrected chi connectivity index (χ1v) is 9.15. The number of methoxy groups -OCH3 is 1. The topological polar surface area (TPSA) is 92.2 Å². The highest BCUT2D eigenvalue weighted by Crippen LogP contribution is 2.14. The van der Waals surface area contributed by atoms with Gasteiger partial charge in [-0.15, -0.1) is 0 Å². The number of hydrogen-bond acceptors (Lipinski definition) is 4. The minimum atomic E-state index is -0.216. The number of benzene rings is 2. The number of hydrogen-bond donors (Lipinski definition) is 3. The van der Waals surface area contributed by atoms with E-state index in [4.69, 9.17) is 4.74 Å². The van der Waals surface area contributed by atoms with Gasteiger partial charge < -0.3 is 25.2 Å². The van der Waals surface area contributed by atoms with Crippen LogP contribution in [0.4, 0.5) is 11.4 Å². The molecule has 1 atom stereocenters. The number of ether oxygens (including phenoxy) is 1. The van der Waals surface area contributed by atoms with Crippen LogP contribution < -0.4 is 20.3 Å². The summed E-state index contributed by atoms with van der Waals surface area (Å²) in [6.07, 6.45) is 0. The van der Waals surface area contributed by atoms with Crippen LogP contribution >= 0.6 is 0 Å². The maximum absolute atomic E-state index is 12.2. The molecule has 0 fully saturated rings. The number of nitrogens with one attached hydrogen (secondary N) is 3. The van der Waals surface area contributed by atoms with Gasteiger partial charge in [-0.2, -0.15) is 0 Å². The molecule has 0 saturated carbocycles. The number of anilines is 2. The van der Waals surface area contributed by atoms with Crippen LogP contribution in [0.15, 0.2) is 48.5 Å². The number of carbonyl (C=O) groups is 3. The average Bonchev–Trinajstić information content (AvgIpc) is 2.68. The lowest BCUT2D eigenvalue weighted by atomic mass is 10.2. The van der Waals surface area contributed by atoms with Gasteiger partial charge in [-0.05, 0) is 48.5 Å². The van der Waals surface area contributed by atoms with Crippen molar-refractivity contribution < 1.29 is 24.0 Å². The molecule has 2 aromatic rings.